The minimum absolute atomic E-state index is 0.0104. The van der Waals surface area contributed by atoms with Gasteiger partial charge in [0.25, 0.3) is 0 Å². The van der Waals surface area contributed by atoms with Crippen molar-refractivity contribution in [3.63, 3.8) is 0 Å². The highest BCUT2D eigenvalue weighted by atomic mass is 16.3. The van der Waals surface area contributed by atoms with Crippen molar-refractivity contribution in [1.82, 2.24) is 0 Å². The van der Waals surface area contributed by atoms with Gasteiger partial charge in [0.05, 0.1) is 13.2 Å². The van der Waals surface area contributed by atoms with Crippen LogP contribution in [0.5, 0.6) is 0 Å². The molecular weight excluding hydrogens is 68.0 g/mol. The summed E-state index contributed by atoms with van der Waals surface area (Å²) in [6.07, 6.45) is 0. The minimum Gasteiger partial charge on any atom is -0.394 e. The average molecular weight is 74.1 g/mol. The second kappa shape index (κ2) is 3.56. The number of aliphatic hydroxyl groups is 1. The molecule has 0 aliphatic rings. The van der Waals surface area contributed by atoms with Crippen LogP contribution in [0.3, 0.4) is 0 Å². The van der Waals surface area contributed by atoms with E-state index in [4.69, 9.17) is 10.6 Å². The number of rotatable bonds is 2. The monoisotopic (exact) mass is 74.0 g/mol. The van der Waals surface area contributed by atoms with E-state index in [-0.39, 0.29) is 13.2 Å². The summed E-state index contributed by atoms with van der Waals surface area (Å²) in [7, 11) is 0. The van der Waals surface area contributed by atoms with Gasteiger partial charge in [-0.15, -0.1) is 0 Å². The Kier molecular flexibility index (Phi) is 3.25. The summed E-state index contributed by atoms with van der Waals surface area (Å²) in [5, 5.41) is 10.7. The molecule has 0 amide bonds. The summed E-state index contributed by atoms with van der Waals surface area (Å²) >= 11 is 0. The Morgan fingerprint density at radius 2 is 2.40 bits per heavy atom. The Morgan fingerprint density at radius 1 is 1.80 bits per heavy atom. The van der Waals surface area contributed by atoms with Crippen molar-refractivity contribution in [2.45, 2.75) is 0 Å². The minimum atomic E-state index is -0.0104. The topological polar surface area (TPSA) is 56.4 Å². The predicted octanol–water partition coefficient (Wildman–Crippen LogP) is 0.00967. The quantitative estimate of drug-likeness (QED) is 0.445. The molecule has 5 heavy (non-hydrogen) atoms. The molecule has 0 spiro atoms. The van der Waals surface area contributed by atoms with Crippen LogP contribution in [-0.4, -0.2) is 18.3 Å². The normalized spacial score (nSPS) is 7.40. The molecule has 0 unspecified atom stereocenters. The third-order valence-electron chi connectivity index (χ3n) is 0.212. The van der Waals surface area contributed by atoms with Crippen LogP contribution in [0.4, 0.5) is 0 Å². The van der Waals surface area contributed by atoms with Crippen LogP contribution >= 0.6 is 0 Å². The lowest BCUT2D eigenvalue weighted by Crippen LogP contribution is -1.82. The van der Waals surface area contributed by atoms with Gasteiger partial charge in [0.2, 0.25) is 0 Å². The fourth-order valence-corrected chi connectivity index (χ4v) is 0.0500. The number of hydrogen-bond donors (Lipinski definition) is 2. The molecule has 3 heteroatoms. The van der Waals surface area contributed by atoms with Crippen molar-refractivity contribution >= 4 is 0 Å². The van der Waals surface area contributed by atoms with Gasteiger partial charge in [-0.3, -0.25) is 0 Å². The molecule has 30 valence electrons. The Balaban J connectivity index is 2.40. The summed E-state index contributed by atoms with van der Waals surface area (Å²) in [5.74, 6) is 0. The largest absolute Gasteiger partial charge is 0.394 e. The first-order chi connectivity index (χ1) is 2.41. The molecule has 0 aliphatic carbocycles. The summed E-state index contributed by atoms with van der Waals surface area (Å²) < 4.78 is 0. The van der Waals surface area contributed by atoms with E-state index in [2.05, 4.69) is 5.11 Å². The van der Waals surface area contributed by atoms with Crippen molar-refractivity contribution in [3.05, 3.63) is 0 Å². The van der Waals surface area contributed by atoms with Gasteiger partial charge in [-0.25, -0.2) is 5.53 Å². The van der Waals surface area contributed by atoms with E-state index < -0.39 is 0 Å². The molecule has 0 aromatic heterocycles. The van der Waals surface area contributed by atoms with Crippen molar-refractivity contribution in [1.29, 1.82) is 5.53 Å². The summed E-state index contributed by atoms with van der Waals surface area (Å²) in [5.41, 5.74) is 6.07. The fraction of sp³-hybridized carbons (Fsp3) is 1.00. The second-order valence-corrected chi connectivity index (χ2v) is 0.605. The molecule has 0 atom stereocenters. The van der Waals surface area contributed by atoms with Gasteiger partial charge in [0.1, 0.15) is 0 Å². The molecule has 2 N–H and O–H groups in total. The zero-order chi connectivity index (χ0) is 4.12. The molecule has 0 aromatic rings. The first-order valence-electron chi connectivity index (χ1n) is 1.36. The van der Waals surface area contributed by atoms with E-state index >= 15 is 0 Å². The zero-order valence-electron chi connectivity index (χ0n) is 2.81. The highest BCUT2D eigenvalue weighted by molar-refractivity contribution is 4.23. The average Bonchev–Trinajstić information content (AvgIpc) is 1.41. The van der Waals surface area contributed by atoms with Crippen molar-refractivity contribution in [3.8, 4) is 0 Å². The van der Waals surface area contributed by atoms with Crippen molar-refractivity contribution in [2.24, 2.45) is 5.11 Å². The lowest BCUT2D eigenvalue weighted by molar-refractivity contribution is 0.303. The molecule has 0 aliphatic heterocycles. The van der Waals surface area contributed by atoms with Crippen LogP contribution in [0, 0.1) is 5.53 Å². The Bertz CT molecular complexity index is 28.8. The van der Waals surface area contributed by atoms with E-state index in [1.807, 2.05) is 0 Å². The van der Waals surface area contributed by atoms with Crippen molar-refractivity contribution in [2.75, 3.05) is 13.2 Å². The number of nitrogens with zero attached hydrogens (tertiary/aromatic N) is 1. The van der Waals surface area contributed by atoms with Gasteiger partial charge in [-0.2, -0.15) is 5.11 Å². The molecule has 0 saturated heterocycles. The molecule has 0 fully saturated rings. The van der Waals surface area contributed by atoms with Crippen LogP contribution < -0.4 is 0 Å². The SMILES string of the molecule is N=NCCO. The first kappa shape index (κ1) is 4.56. The van der Waals surface area contributed by atoms with Crippen LogP contribution in [0.15, 0.2) is 5.11 Å². The number of hydrogen-bond acceptors (Lipinski definition) is 3. The van der Waals surface area contributed by atoms with Gasteiger partial charge in [0, 0.05) is 0 Å². The third-order valence-corrected chi connectivity index (χ3v) is 0.212. The van der Waals surface area contributed by atoms with E-state index in [0.29, 0.717) is 0 Å². The maximum Gasteiger partial charge on any atom is 0.0827 e. The maximum atomic E-state index is 7.85. The molecule has 0 rings (SSSR count). The third kappa shape index (κ3) is 3.56. The van der Waals surface area contributed by atoms with Crippen molar-refractivity contribution < 1.29 is 5.11 Å². The second-order valence-electron chi connectivity index (χ2n) is 0.605. The molecule has 0 heterocycles. The fourth-order valence-electron chi connectivity index (χ4n) is 0.0500. The lowest BCUT2D eigenvalue weighted by Gasteiger charge is -1.72. The Hall–Kier alpha value is -0.440. The van der Waals surface area contributed by atoms with Crippen LogP contribution in [-0.2, 0) is 0 Å². The lowest BCUT2D eigenvalue weighted by atomic mass is 10.8. The van der Waals surface area contributed by atoms with Crippen LogP contribution in [0.1, 0.15) is 0 Å². The molecule has 0 radical (unpaired) electrons. The number of aliphatic hydroxyl groups excluding tert-OH is 1. The van der Waals surface area contributed by atoms with E-state index in [1.54, 1.807) is 0 Å². The predicted molar refractivity (Wildman–Crippen MR) is 17.1 cm³/mol. The Labute approximate surface area is 30.1 Å². The molecule has 3 nitrogen and oxygen atoms in total. The number of nitrogens with one attached hydrogen (secondary N) is 1. The van der Waals surface area contributed by atoms with E-state index in [1.165, 1.54) is 0 Å². The first-order valence-corrected chi connectivity index (χ1v) is 1.36. The maximum absolute atomic E-state index is 7.85. The smallest absolute Gasteiger partial charge is 0.0827 e. The van der Waals surface area contributed by atoms with Gasteiger partial charge in [-0.1, -0.05) is 0 Å². The van der Waals surface area contributed by atoms with Crippen LogP contribution in [0.2, 0.25) is 0 Å². The van der Waals surface area contributed by atoms with E-state index in [0.717, 1.165) is 0 Å². The molecule has 0 bridgehead atoms. The van der Waals surface area contributed by atoms with Gasteiger partial charge < -0.3 is 5.11 Å². The highest BCUT2D eigenvalue weighted by Crippen LogP contribution is 1.57. The summed E-state index contributed by atoms with van der Waals surface area (Å²) in [6.45, 7) is 0.226. The molecule has 0 saturated carbocycles. The zero-order valence-corrected chi connectivity index (χ0v) is 2.81. The summed E-state index contributed by atoms with van der Waals surface area (Å²) in [4.78, 5) is 0. The molecule has 0 aromatic carbocycles. The van der Waals surface area contributed by atoms with Gasteiger partial charge in [0.15, 0.2) is 0 Å². The standard InChI is InChI=1S/C2H6N2O/c3-4-1-2-5/h3,5H,1-2H2. The Morgan fingerprint density at radius 3 is 2.40 bits per heavy atom. The van der Waals surface area contributed by atoms with E-state index in [9.17, 15) is 0 Å². The van der Waals surface area contributed by atoms with Gasteiger partial charge in [-0.05, 0) is 0 Å². The highest BCUT2D eigenvalue weighted by Gasteiger charge is 1.64. The van der Waals surface area contributed by atoms with Gasteiger partial charge >= 0.3 is 0 Å². The molecular formula is C2H6N2O. The van der Waals surface area contributed by atoms with Crippen LogP contribution in [0.25, 0.3) is 0 Å². The summed E-state index contributed by atoms with van der Waals surface area (Å²) in [6, 6.07) is 0.